The average molecular weight is 423 g/mol. The highest BCUT2D eigenvalue weighted by Crippen LogP contribution is 2.28. The molecule has 0 bridgehead atoms. The van der Waals surface area contributed by atoms with E-state index in [9.17, 15) is 9.59 Å². The van der Waals surface area contributed by atoms with Crippen molar-refractivity contribution in [3.63, 3.8) is 0 Å². The average Bonchev–Trinajstić information content (AvgIpc) is 2.77. The molecule has 0 aliphatic carbocycles. The Morgan fingerprint density at radius 2 is 1.93 bits per heavy atom. The number of thioether (sulfide) groups is 1. The zero-order valence-corrected chi connectivity index (χ0v) is 17.9. The van der Waals surface area contributed by atoms with E-state index in [0.717, 1.165) is 36.1 Å². The third-order valence-corrected chi connectivity index (χ3v) is 6.31. The minimum Gasteiger partial charge on any atom is -0.357 e. The predicted octanol–water partition coefficient (Wildman–Crippen LogP) is 3.83. The van der Waals surface area contributed by atoms with Gasteiger partial charge >= 0.3 is 0 Å². The van der Waals surface area contributed by atoms with Crippen LogP contribution in [0.1, 0.15) is 25.3 Å². The number of nitrogens with one attached hydrogen (secondary N) is 1. The summed E-state index contributed by atoms with van der Waals surface area (Å²) in [6, 6.07) is 13.5. The van der Waals surface area contributed by atoms with Gasteiger partial charge in [0, 0.05) is 13.1 Å². The number of rotatable bonds is 5. The molecule has 1 fully saturated rings. The Labute approximate surface area is 181 Å². The maximum absolute atomic E-state index is 12.6. The van der Waals surface area contributed by atoms with Crippen molar-refractivity contribution in [3.8, 4) is 0 Å². The lowest BCUT2D eigenvalue weighted by molar-refractivity contribution is -0.129. The van der Waals surface area contributed by atoms with Crippen molar-refractivity contribution in [1.29, 1.82) is 0 Å². The number of piperidine rings is 1. The van der Waals surface area contributed by atoms with Gasteiger partial charge in [-0.25, -0.2) is 4.98 Å². The summed E-state index contributed by atoms with van der Waals surface area (Å²) in [7, 11) is 0. The van der Waals surface area contributed by atoms with Gasteiger partial charge in [0.2, 0.25) is 11.8 Å². The molecule has 1 saturated heterocycles. The molecule has 30 heavy (non-hydrogen) atoms. The maximum Gasteiger partial charge on any atom is 0.244 e. The summed E-state index contributed by atoms with van der Waals surface area (Å²) < 4.78 is 0. The Hall–Kier alpha value is -2.80. The van der Waals surface area contributed by atoms with Gasteiger partial charge in [0.15, 0.2) is 0 Å². The highest BCUT2D eigenvalue weighted by atomic mass is 32.2. The predicted molar refractivity (Wildman–Crippen MR) is 122 cm³/mol. The monoisotopic (exact) mass is 422 g/mol. The second kappa shape index (κ2) is 9.34. The Morgan fingerprint density at radius 3 is 2.63 bits per heavy atom. The lowest BCUT2D eigenvalue weighted by Gasteiger charge is -2.31. The molecular weight excluding hydrogens is 396 g/mol. The highest BCUT2D eigenvalue weighted by Gasteiger charge is 2.25. The number of hydrogen-bond donors (Lipinski definition) is 1. The van der Waals surface area contributed by atoms with Gasteiger partial charge in [-0.1, -0.05) is 37.3 Å². The summed E-state index contributed by atoms with van der Waals surface area (Å²) >= 11 is 1.46. The van der Waals surface area contributed by atoms with E-state index in [1.165, 1.54) is 24.6 Å². The molecule has 156 valence electrons. The second-order valence-corrected chi connectivity index (χ2v) is 8.64. The zero-order chi connectivity index (χ0) is 20.9. The first-order valence-corrected chi connectivity index (χ1v) is 11.3. The fourth-order valence-corrected chi connectivity index (χ4v) is 4.51. The molecule has 2 aliphatic heterocycles. The Balaban J connectivity index is 1.39. The third-order valence-electron chi connectivity index (χ3n) is 5.50. The van der Waals surface area contributed by atoms with Crippen LogP contribution in [0, 0.1) is 5.92 Å². The standard InChI is InChI=1S/C23H26N4O2S/c1-17-9-11-26(12-10-17)21-8-7-19(13-24-21)25-22(28)14-27-20(15-30-16-23(27)29)18-5-3-2-4-6-18/h2-8,13,15,17H,9-12,14,16H2,1H3,(H,25,28). The van der Waals surface area contributed by atoms with E-state index in [4.69, 9.17) is 0 Å². The molecule has 0 saturated carbocycles. The van der Waals surface area contributed by atoms with Crippen molar-refractivity contribution in [3.05, 3.63) is 59.6 Å². The van der Waals surface area contributed by atoms with Crippen LogP contribution < -0.4 is 10.2 Å². The van der Waals surface area contributed by atoms with E-state index in [2.05, 4.69) is 22.1 Å². The van der Waals surface area contributed by atoms with Crippen molar-refractivity contribution in [2.75, 3.05) is 35.6 Å². The van der Waals surface area contributed by atoms with Crippen molar-refractivity contribution < 1.29 is 9.59 Å². The lowest BCUT2D eigenvalue weighted by atomic mass is 9.99. The van der Waals surface area contributed by atoms with Crippen molar-refractivity contribution >= 4 is 40.8 Å². The first kappa shape index (κ1) is 20.5. The number of anilines is 2. The van der Waals surface area contributed by atoms with E-state index in [1.807, 2.05) is 47.9 Å². The number of benzene rings is 1. The van der Waals surface area contributed by atoms with Crippen LogP contribution in [0.5, 0.6) is 0 Å². The second-order valence-electron chi connectivity index (χ2n) is 7.78. The Morgan fingerprint density at radius 1 is 1.17 bits per heavy atom. The largest absolute Gasteiger partial charge is 0.357 e. The maximum atomic E-state index is 12.6. The molecular formula is C23H26N4O2S. The molecule has 2 aromatic rings. The normalized spacial score (nSPS) is 17.6. The van der Waals surface area contributed by atoms with E-state index in [-0.39, 0.29) is 18.4 Å². The van der Waals surface area contributed by atoms with Crippen LogP contribution >= 0.6 is 11.8 Å². The number of pyridine rings is 1. The van der Waals surface area contributed by atoms with Gasteiger partial charge in [-0.15, -0.1) is 11.8 Å². The van der Waals surface area contributed by atoms with Gasteiger partial charge in [-0.05, 0) is 41.9 Å². The Kier molecular flexibility index (Phi) is 6.38. The van der Waals surface area contributed by atoms with E-state index in [0.29, 0.717) is 11.4 Å². The first-order chi connectivity index (χ1) is 14.6. The number of carbonyl (C=O) groups excluding carboxylic acids is 2. The summed E-state index contributed by atoms with van der Waals surface area (Å²) in [5.41, 5.74) is 2.32. The molecule has 4 rings (SSSR count). The molecule has 2 amide bonds. The van der Waals surface area contributed by atoms with Crippen LogP contribution in [-0.4, -0.2) is 47.1 Å². The molecule has 0 atom stereocenters. The summed E-state index contributed by atoms with van der Waals surface area (Å²) in [6.07, 6.45) is 4.05. The van der Waals surface area contributed by atoms with Gasteiger partial charge in [0.05, 0.1) is 23.3 Å². The molecule has 3 heterocycles. The van der Waals surface area contributed by atoms with E-state index in [1.54, 1.807) is 11.1 Å². The van der Waals surface area contributed by atoms with Gasteiger partial charge in [-0.3, -0.25) is 9.59 Å². The zero-order valence-electron chi connectivity index (χ0n) is 17.1. The van der Waals surface area contributed by atoms with Crippen LogP contribution in [-0.2, 0) is 9.59 Å². The molecule has 0 radical (unpaired) electrons. The Bertz CT molecular complexity index is 922. The van der Waals surface area contributed by atoms with Gasteiger partial charge in [0.25, 0.3) is 0 Å². The number of carbonyl (C=O) groups is 2. The third kappa shape index (κ3) is 4.84. The fourth-order valence-electron chi connectivity index (χ4n) is 3.70. The minimum absolute atomic E-state index is 0.0219. The van der Waals surface area contributed by atoms with Crippen LogP contribution in [0.25, 0.3) is 5.70 Å². The van der Waals surface area contributed by atoms with E-state index < -0.39 is 0 Å². The molecule has 1 N–H and O–H groups in total. The summed E-state index contributed by atoms with van der Waals surface area (Å²) in [4.78, 5) is 33.5. The first-order valence-electron chi connectivity index (χ1n) is 10.3. The van der Waals surface area contributed by atoms with Gasteiger partial charge in [-0.2, -0.15) is 0 Å². The number of nitrogens with zero attached hydrogens (tertiary/aromatic N) is 3. The summed E-state index contributed by atoms with van der Waals surface area (Å²) in [5.74, 6) is 1.75. The summed E-state index contributed by atoms with van der Waals surface area (Å²) in [6.45, 7) is 4.30. The molecule has 1 aromatic carbocycles. The number of amides is 2. The van der Waals surface area contributed by atoms with Gasteiger partial charge < -0.3 is 15.1 Å². The van der Waals surface area contributed by atoms with E-state index >= 15 is 0 Å². The van der Waals surface area contributed by atoms with Crippen molar-refractivity contribution in [2.45, 2.75) is 19.8 Å². The summed E-state index contributed by atoms with van der Waals surface area (Å²) in [5, 5.41) is 4.82. The van der Waals surface area contributed by atoms with Crippen LogP contribution in [0.2, 0.25) is 0 Å². The number of aromatic nitrogens is 1. The smallest absolute Gasteiger partial charge is 0.244 e. The van der Waals surface area contributed by atoms with Crippen LogP contribution in [0.15, 0.2) is 54.1 Å². The molecule has 6 nitrogen and oxygen atoms in total. The molecule has 1 aromatic heterocycles. The van der Waals surface area contributed by atoms with Crippen molar-refractivity contribution in [2.24, 2.45) is 5.92 Å². The highest BCUT2D eigenvalue weighted by molar-refractivity contribution is 8.03. The molecule has 0 spiro atoms. The van der Waals surface area contributed by atoms with Crippen LogP contribution in [0.3, 0.4) is 0 Å². The molecule has 2 aliphatic rings. The molecule has 0 unspecified atom stereocenters. The quantitative estimate of drug-likeness (QED) is 0.793. The lowest BCUT2D eigenvalue weighted by Crippen LogP contribution is -2.39. The van der Waals surface area contributed by atoms with Crippen molar-refractivity contribution in [1.82, 2.24) is 9.88 Å². The van der Waals surface area contributed by atoms with Crippen LogP contribution in [0.4, 0.5) is 11.5 Å². The topological polar surface area (TPSA) is 65.5 Å². The SMILES string of the molecule is CC1CCN(c2ccc(NC(=O)CN3C(=O)CSC=C3c3ccccc3)cn2)CC1. The minimum atomic E-state index is -0.238. The molecule has 7 heteroatoms. The van der Waals surface area contributed by atoms with Gasteiger partial charge in [0.1, 0.15) is 12.4 Å². The fraction of sp³-hybridized carbons (Fsp3) is 0.348. The number of hydrogen-bond acceptors (Lipinski definition) is 5.